The van der Waals surface area contributed by atoms with E-state index in [-0.39, 0.29) is 18.4 Å². The quantitative estimate of drug-likeness (QED) is 0.541. The second-order valence-corrected chi connectivity index (χ2v) is 6.73. The highest BCUT2D eigenvalue weighted by Gasteiger charge is 2.28. The first-order valence-electron chi connectivity index (χ1n) is 8.59. The van der Waals surface area contributed by atoms with Crippen LogP contribution in [0.2, 0.25) is 0 Å². The number of thiazole rings is 1. The van der Waals surface area contributed by atoms with Gasteiger partial charge in [-0.1, -0.05) is 12.1 Å². The minimum Gasteiger partial charge on any atom is -0.496 e. The summed E-state index contributed by atoms with van der Waals surface area (Å²) < 4.78 is 5.36. The fourth-order valence-electron chi connectivity index (χ4n) is 2.86. The smallest absolute Gasteiger partial charge is 0.271 e. The largest absolute Gasteiger partial charge is 0.496 e. The molecule has 3 rings (SSSR count). The van der Waals surface area contributed by atoms with Gasteiger partial charge in [0.25, 0.3) is 5.91 Å². The van der Waals surface area contributed by atoms with E-state index in [1.807, 2.05) is 29.6 Å². The van der Waals surface area contributed by atoms with Crippen LogP contribution in [0.5, 0.6) is 5.75 Å². The van der Waals surface area contributed by atoms with Crippen LogP contribution in [-0.4, -0.2) is 56.1 Å². The minimum absolute atomic E-state index is 0.0184. The molecule has 0 radical (unpaired) electrons. The van der Waals surface area contributed by atoms with Crippen molar-refractivity contribution in [3.8, 4) is 17.0 Å². The van der Waals surface area contributed by atoms with E-state index in [0.717, 1.165) is 11.3 Å². The summed E-state index contributed by atoms with van der Waals surface area (Å²) in [5.74, 6) is 0.768. The first kappa shape index (κ1) is 19.5. The molecule has 2 amide bonds. The number of methoxy groups -OCH3 is 1. The lowest BCUT2D eigenvalue weighted by Crippen LogP contribution is -2.37. The molecule has 4 N–H and O–H groups in total. The summed E-state index contributed by atoms with van der Waals surface area (Å²) in [5.41, 5.74) is 1.98. The number of nitrogens with one attached hydrogen (secondary N) is 4. The lowest BCUT2D eigenvalue weighted by molar-refractivity contribution is -0.119. The predicted octanol–water partition coefficient (Wildman–Crippen LogP) is 0.754. The molecule has 0 spiro atoms. The third kappa shape index (κ3) is 4.01. The fraction of sp³-hybridized carbons (Fsp3) is 0.278. The van der Waals surface area contributed by atoms with Gasteiger partial charge >= 0.3 is 0 Å². The van der Waals surface area contributed by atoms with Crippen molar-refractivity contribution in [3.63, 3.8) is 0 Å². The standard InChI is InChI=1S/C18H22N6O3S/c1-19-16-15(17(26)20-2)24(10-21-16)8-14(25)23-18-22-12(9-28-18)11-6-4-5-7-13(11)27-3/h4-7,9,19,21H,8,10H2,1-3H3,(H,20,26)(H,22,23,25). The second kappa shape index (κ2) is 8.61. The maximum absolute atomic E-state index is 12.5. The lowest BCUT2D eigenvalue weighted by Gasteiger charge is -2.18. The first-order valence-corrected chi connectivity index (χ1v) is 9.47. The maximum Gasteiger partial charge on any atom is 0.271 e. The number of hydrogen-bond donors (Lipinski definition) is 4. The van der Waals surface area contributed by atoms with Crippen molar-refractivity contribution in [2.24, 2.45) is 0 Å². The van der Waals surface area contributed by atoms with Crippen LogP contribution < -0.4 is 26.0 Å². The molecule has 10 heteroatoms. The number of carbonyl (C=O) groups excluding carboxylic acids is 2. The molecule has 1 aliphatic heterocycles. The van der Waals surface area contributed by atoms with Gasteiger partial charge in [0.05, 0.1) is 26.0 Å². The van der Waals surface area contributed by atoms with Crippen LogP contribution in [0.15, 0.2) is 41.2 Å². The summed E-state index contributed by atoms with van der Waals surface area (Å²) in [7, 11) is 4.87. The molecule has 0 atom stereocenters. The predicted molar refractivity (Wildman–Crippen MR) is 108 cm³/mol. The molecule has 2 heterocycles. The molecule has 0 fully saturated rings. The summed E-state index contributed by atoms with van der Waals surface area (Å²) in [6.07, 6.45) is 0. The highest BCUT2D eigenvalue weighted by Crippen LogP contribution is 2.31. The molecule has 0 saturated heterocycles. The Bertz CT molecular complexity index is 910. The summed E-state index contributed by atoms with van der Waals surface area (Å²) in [6.45, 7) is 0.376. The summed E-state index contributed by atoms with van der Waals surface area (Å²) in [4.78, 5) is 30.7. The Labute approximate surface area is 166 Å². The minimum atomic E-state index is -0.269. The summed E-state index contributed by atoms with van der Waals surface area (Å²) in [6, 6.07) is 7.56. The number of amides is 2. The third-order valence-electron chi connectivity index (χ3n) is 4.16. The molecule has 148 valence electrons. The highest BCUT2D eigenvalue weighted by atomic mass is 32.1. The van der Waals surface area contributed by atoms with Crippen molar-refractivity contribution in [1.82, 2.24) is 25.8 Å². The Hall–Kier alpha value is -3.27. The number of rotatable bonds is 7. The molecule has 1 aliphatic rings. The molecule has 0 saturated carbocycles. The van der Waals surface area contributed by atoms with Crippen molar-refractivity contribution < 1.29 is 14.3 Å². The number of aromatic nitrogens is 1. The number of anilines is 1. The average Bonchev–Trinajstić information content (AvgIpc) is 3.34. The Kier molecular flexibility index (Phi) is 5.99. The van der Waals surface area contributed by atoms with Gasteiger partial charge in [0.15, 0.2) is 5.13 Å². The monoisotopic (exact) mass is 402 g/mol. The molecular weight excluding hydrogens is 380 g/mol. The maximum atomic E-state index is 12.5. The van der Waals surface area contributed by atoms with Crippen LogP contribution in [0.25, 0.3) is 11.3 Å². The third-order valence-corrected chi connectivity index (χ3v) is 4.92. The molecule has 0 bridgehead atoms. The van der Waals surface area contributed by atoms with Crippen LogP contribution in [0.4, 0.5) is 5.13 Å². The molecule has 1 aromatic heterocycles. The Morgan fingerprint density at radius 1 is 1.32 bits per heavy atom. The van der Waals surface area contributed by atoms with Gasteiger partial charge < -0.3 is 30.9 Å². The molecule has 0 aliphatic carbocycles. The van der Waals surface area contributed by atoms with Gasteiger partial charge in [-0.15, -0.1) is 11.3 Å². The van der Waals surface area contributed by atoms with Crippen LogP contribution in [-0.2, 0) is 9.59 Å². The Morgan fingerprint density at radius 3 is 2.82 bits per heavy atom. The second-order valence-electron chi connectivity index (χ2n) is 5.87. The van der Waals surface area contributed by atoms with E-state index in [1.54, 1.807) is 26.1 Å². The van der Waals surface area contributed by atoms with Gasteiger partial charge in [-0.25, -0.2) is 4.98 Å². The van der Waals surface area contributed by atoms with Crippen molar-refractivity contribution in [3.05, 3.63) is 41.2 Å². The van der Waals surface area contributed by atoms with E-state index < -0.39 is 0 Å². The van der Waals surface area contributed by atoms with Crippen LogP contribution in [0.3, 0.4) is 0 Å². The molecule has 2 aromatic rings. The zero-order valence-corrected chi connectivity index (χ0v) is 16.6. The average molecular weight is 402 g/mol. The Morgan fingerprint density at radius 2 is 2.11 bits per heavy atom. The fourth-order valence-corrected chi connectivity index (χ4v) is 3.58. The number of nitrogens with zero attached hydrogens (tertiary/aromatic N) is 2. The van der Waals surface area contributed by atoms with E-state index in [0.29, 0.717) is 29.1 Å². The van der Waals surface area contributed by atoms with Gasteiger partial charge in [0.2, 0.25) is 5.91 Å². The van der Waals surface area contributed by atoms with Crippen LogP contribution >= 0.6 is 11.3 Å². The van der Waals surface area contributed by atoms with E-state index in [2.05, 4.69) is 26.3 Å². The number of likely N-dealkylation sites (N-methyl/N-ethyl adjacent to an activating group) is 1. The number of benzene rings is 1. The Balaban J connectivity index is 1.69. The van der Waals surface area contributed by atoms with Crippen molar-refractivity contribution in [2.45, 2.75) is 0 Å². The zero-order chi connectivity index (χ0) is 20.1. The van der Waals surface area contributed by atoms with Gasteiger partial charge in [-0.05, 0) is 12.1 Å². The topological polar surface area (TPSA) is 108 Å². The van der Waals surface area contributed by atoms with Crippen molar-refractivity contribution in [2.75, 3.05) is 39.7 Å². The van der Waals surface area contributed by atoms with E-state index >= 15 is 0 Å². The molecular formula is C18H22N6O3S. The molecule has 1 aromatic carbocycles. The zero-order valence-electron chi connectivity index (χ0n) is 15.8. The summed E-state index contributed by atoms with van der Waals surface area (Å²) in [5, 5.41) is 13.7. The normalized spacial score (nSPS) is 13.2. The molecule has 0 unspecified atom stereocenters. The number of hydrogen-bond acceptors (Lipinski definition) is 8. The van der Waals surface area contributed by atoms with E-state index in [9.17, 15) is 9.59 Å². The van der Waals surface area contributed by atoms with Gasteiger partial charge in [-0.3, -0.25) is 9.59 Å². The number of para-hydroxylation sites is 1. The van der Waals surface area contributed by atoms with Crippen LogP contribution in [0.1, 0.15) is 0 Å². The number of carbonyl (C=O) groups is 2. The van der Waals surface area contributed by atoms with Gasteiger partial charge in [0, 0.05) is 25.0 Å². The SMILES string of the molecule is CNC(=O)C1=C(NC)NCN1CC(=O)Nc1nc(-c2ccccc2OC)cs1. The van der Waals surface area contributed by atoms with E-state index in [1.165, 1.54) is 11.3 Å². The summed E-state index contributed by atoms with van der Waals surface area (Å²) >= 11 is 1.33. The van der Waals surface area contributed by atoms with Crippen molar-refractivity contribution in [1.29, 1.82) is 0 Å². The van der Waals surface area contributed by atoms with Gasteiger partial charge in [0.1, 0.15) is 17.3 Å². The molecule has 9 nitrogen and oxygen atoms in total. The van der Waals surface area contributed by atoms with Gasteiger partial charge in [-0.2, -0.15) is 0 Å². The first-order chi connectivity index (χ1) is 13.6. The number of ether oxygens (including phenoxy) is 1. The van der Waals surface area contributed by atoms with Crippen LogP contribution in [0, 0.1) is 0 Å². The van der Waals surface area contributed by atoms with Crippen molar-refractivity contribution >= 4 is 28.3 Å². The molecule has 28 heavy (non-hydrogen) atoms. The highest BCUT2D eigenvalue weighted by molar-refractivity contribution is 7.14. The van der Waals surface area contributed by atoms with E-state index in [4.69, 9.17) is 4.74 Å². The lowest BCUT2D eigenvalue weighted by atomic mass is 10.1.